The van der Waals surface area contributed by atoms with Crippen LogP contribution in [-0.2, 0) is 0 Å². The van der Waals surface area contributed by atoms with Crippen molar-refractivity contribution in [2.75, 3.05) is 13.1 Å². The zero-order chi connectivity index (χ0) is 4.24. The van der Waals surface area contributed by atoms with Crippen LogP contribution in [0.5, 0.6) is 0 Å². The predicted octanol–water partition coefficient (Wildman–Crippen LogP) is -0.996. The number of nitrogens with zero attached hydrogens (tertiary/aromatic N) is 1. The quantitative estimate of drug-likeness (QED) is 0.397. The van der Waals surface area contributed by atoms with Crippen LogP contribution in [0.1, 0.15) is 6.42 Å². The van der Waals surface area contributed by atoms with E-state index in [0.717, 1.165) is 19.5 Å². The highest BCUT2D eigenvalue weighted by atomic mass is 15.6. The van der Waals surface area contributed by atoms with Gasteiger partial charge in [-0.25, -0.2) is 5.43 Å². The van der Waals surface area contributed by atoms with Gasteiger partial charge in [0.1, 0.15) is 0 Å². The molecule has 1 aliphatic rings. The second kappa shape index (κ2) is 2.12. The normalized spacial score (nSPS) is 24.0. The molecule has 0 unspecified atom stereocenters. The number of hydrazine groups is 1. The molecule has 1 aliphatic heterocycles. The van der Waals surface area contributed by atoms with Gasteiger partial charge in [-0.1, -0.05) is 0 Å². The lowest BCUT2D eigenvalue weighted by molar-refractivity contribution is 0.363. The largest absolute Gasteiger partial charge is 0.243 e. The molecule has 0 spiro atoms. The number of rotatable bonds is 0. The molecule has 2 N–H and O–H groups in total. The Bertz CT molecular complexity index is 21.5. The maximum atomic E-state index is 3.82. The molecule has 1 heterocycles. The maximum absolute atomic E-state index is 3.82. The average molecular weight is 86.1 g/mol. The topological polar surface area (TPSA) is 38.2 Å². The number of hydrogen-bond donors (Lipinski definition) is 2. The molecule has 3 heteroatoms. The van der Waals surface area contributed by atoms with E-state index in [4.69, 9.17) is 0 Å². The Morgan fingerprint density at radius 1 is 1.50 bits per heavy atom. The first-order chi connectivity index (χ1) is 3.00. The van der Waals surface area contributed by atoms with Crippen LogP contribution in [0.15, 0.2) is 0 Å². The Morgan fingerprint density at radius 2 is 2.50 bits per heavy atom. The fourth-order valence-electron chi connectivity index (χ4n) is 0.414. The summed E-state index contributed by atoms with van der Waals surface area (Å²) in [6.07, 6.45) is 1.16. The van der Waals surface area contributed by atoms with Gasteiger partial charge in [0.25, 0.3) is 0 Å². The van der Waals surface area contributed by atoms with Crippen molar-refractivity contribution in [1.82, 2.24) is 16.4 Å². The summed E-state index contributed by atoms with van der Waals surface area (Å²) in [5.74, 6) is 0. The third kappa shape index (κ3) is 0.931. The first-order valence-corrected chi connectivity index (χ1v) is 2.14. The van der Waals surface area contributed by atoms with E-state index in [-0.39, 0.29) is 0 Å². The first-order valence-electron chi connectivity index (χ1n) is 2.14. The highest BCUT2D eigenvalue weighted by Crippen LogP contribution is 1.73. The van der Waals surface area contributed by atoms with Crippen molar-refractivity contribution >= 4 is 0 Å². The average Bonchev–Trinajstić information content (AvgIpc) is 1.72. The Labute approximate surface area is 37.1 Å². The van der Waals surface area contributed by atoms with Gasteiger partial charge in [-0.05, 0) is 6.42 Å². The van der Waals surface area contributed by atoms with E-state index in [1.165, 1.54) is 0 Å². The standard InChI is InChI=1S/C3H8N3/c1-2-4-6-5-3-1/h4,6H,1-3H2. The summed E-state index contributed by atoms with van der Waals surface area (Å²) in [5.41, 5.74) is 9.34. The first kappa shape index (κ1) is 4.05. The van der Waals surface area contributed by atoms with Gasteiger partial charge in [-0.2, -0.15) is 5.53 Å². The van der Waals surface area contributed by atoms with Crippen molar-refractivity contribution in [3.05, 3.63) is 0 Å². The molecule has 1 fully saturated rings. The SMILES string of the molecule is C1C[N]NNC1. The zero-order valence-corrected chi connectivity index (χ0v) is 3.57. The van der Waals surface area contributed by atoms with Gasteiger partial charge in [0.05, 0.1) is 0 Å². The predicted molar refractivity (Wildman–Crippen MR) is 22.8 cm³/mol. The zero-order valence-electron chi connectivity index (χ0n) is 3.57. The summed E-state index contributed by atoms with van der Waals surface area (Å²) in [6, 6.07) is 0. The number of nitrogens with one attached hydrogen (secondary N) is 2. The van der Waals surface area contributed by atoms with Gasteiger partial charge < -0.3 is 0 Å². The molecule has 0 bridgehead atoms. The Morgan fingerprint density at radius 3 is 2.67 bits per heavy atom. The molecule has 0 aromatic rings. The highest BCUT2D eigenvalue weighted by Gasteiger charge is 1.92. The Balaban J connectivity index is 2.00. The molecule has 0 amide bonds. The summed E-state index contributed by atoms with van der Waals surface area (Å²) in [6.45, 7) is 2.00. The van der Waals surface area contributed by atoms with Crippen molar-refractivity contribution < 1.29 is 0 Å². The van der Waals surface area contributed by atoms with Gasteiger partial charge in [0.2, 0.25) is 0 Å². The van der Waals surface area contributed by atoms with Gasteiger partial charge >= 0.3 is 0 Å². The lowest BCUT2D eigenvalue weighted by atomic mass is 10.4. The van der Waals surface area contributed by atoms with Crippen LogP contribution in [0.2, 0.25) is 0 Å². The van der Waals surface area contributed by atoms with Crippen LogP contribution in [0.3, 0.4) is 0 Å². The fourth-order valence-corrected chi connectivity index (χ4v) is 0.414. The number of hydrogen-bond acceptors (Lipinski definition) is 2. The van der Waals surface area contributed by atoms with Crippen LogP contribution in [0, 0.1) is 0 Å². The molecule has 0 atom stereocenters. The molecule has 6 heavy (non-hydrogen) atoms. The smallest absolute Gasteiger partial charge is 0.0331 e. The fraction of sp³-hybridized carbons (Fsp3) is 1.00. The molecular weight excluding hydrogens is 78.1 g/mol. The van der Waals surface area contributed by atoms with Gasteiger partial charge in [0, 0.05) is 13.1 Å². The molecule has 1 radical (unpaired) electrons. The molecule has 3 nitrogen and oxygen atoms in total. The summed E-state index contributed by atoms with van der Waals surface area (Å²) in [4.78, 5) is 0. The van der Waals surface area contributed by atoms with Crippen LogP contribution in [-0.4, -0.2) is 13.1 Å². The Hall–Kier alpha value is -0.120. The van der Waals surface area contributed by atoms with E-state index < -0.39 is 0 Å². The van der Waals surface area contributed by atoms with Crippen molar-refractivity contribution in [2.45, 2.75) is 6.42 Å². The van der Waals surface area contributed by atoms with Crippen molar-refractivity contribution in [3.8, 4) is 0 Å². The molecule has 0 aromatic carbocycles. The van der Waals surface area contributed by atoms with E-state index in [0.29, 0.717) is 0 Å². The van der Waals surface area contributed by atoms with Crippen LogP contribution in [0.25, 0.3) is 0 Å². The van der Waals surface area contributed by atoms with Crippen molar-refractivity contribution in [2.24, 2.45) is 0 Å². The summed E-state index contributed by atoms with van der Waals surface area (Å²) >= 11 is 0. The molecular formula is C3H8N3. The van der Waals surface area contributed by atoms with Gasteiger partial charge in [-0.3, -0.25) is 0 Å². The maximum Gasteiger partial charge on any atom is 0.0331 e. The molecule has 35 valence electrons. The summed E-state index contributed by atoms with van der Waals surface area (Å²) in [7, 11) is 0. The lowest BCUT2D eigenvalue weighted by Crippen LogP contribution is -2.44. The van der Waals surface area contributed by atoms with Crippen LogP contribution < -0.4 is 16.4 Å². The van der Waals surface area contributed by atoms with Crippen molar-refractivity contribution in [1.29, 1.82) is 0 Å². The van der Waals surface area contributed by atoms with Crippen LogP contribution in [0.4, 0.5) is 0 Å². The van der Waals surface area contributed by atoms with E-state index in [1.807, 2.05) is 0 Å². The third-order valence-corrected chi connectivity index (χ3v) is 0.730. The van der Waals surface area contributed by atoms with E-state index in [1.54, 1.807) is 0 Å². The molecule has 0 aromatic heterocycles. The second-order valence-electron chi connectivity index (χ2n) is 1.27. The lowest BCUT2D eigenvalue weighted by Gasteiger charge is -2.10. The second-order valence-corrected chi connectivity index (χ2v) is 1.27. The monoisotopic (exact) mass is 86.1 g/mol. The third-order valence-electron chi connectivity index (χ3n) is 0.730. The van der Waals surface area contributed by atoms with E-state index >= 15 is 0 Å². The van der Waals surface area contributed by atoms with Crippen molar-refractivity contribution in [3.63, 3.8) is 0 Å². The van der Waals surface area contributed by atoms with Gasteiger partial charge in [0.15, 0.2) is 0 Å². The van der Waals surface area contributed by atoms with E-state index in [9.17, 15) is 0 Å². The molecule has 1 saturated heterocycles. The minimum atomic E-state index is 0.951. The Kier molecular flexibility index (Phi) is 1.43. The molecule has 0 aliphatic carbocycles. The van der Waals surface area contributed by atoms with Crippen LogP contribution >= 0.6 is 0 Å². The minimum absolute atomic E-state index is 0.951. The molecule has 1 rings (SSSR count). The van der Waals surface area contributed by atoms with E-state index in [2.05, 4.69) is 16.4 Å². The molecule has 0 saturated carbocycles. The highest BCUT2D eigenvalue weighted by molar-refractivity contribution is 4.47. The van der Waals surface area contributed by atoms with Gasteiger partial charge in [-0.15, -0.1) is 5.43 Å². The summed E-state index contributed by atoms with van der Waals surface area (Å²) in [5, 5.41) is 0. The minimum Gasteiger partial charge on any atom is -0.243 e. The summed E-state index contributed by atoms with van der Waals surface area (Å²) < 4.78 is 0.